The molecule has 0 aromatic heterocycles. The number of ether oxygens (including phenoxy) is 1. The van der Waals surface area contributed by atoms with E-state index in [1.54, 1.807) is 7.11 Å². The zero-order chi connectivity index (χ0) is 7.11. The molecule has 0 atom stereocenters. The van der Waals surface area contributed by atoms with Gasteiger partial charge < -0.3 is 4.74 Å². The summed E-state index contributed by atoms with van der Waals surface area (Å²) in [6, 6.07) is 0. The molecular weight excluding hydrogens is 112 g/mol. The van der Waals surface area contributed by atoms with Crippen LogP contribution in [0.1, 0.15) is 13.3 Å². The first kappa shape index (κ1) is 8.44. The van der Waals surface area contributed by atoms with Gasteiger partial charge in [0.05, 0.1) is 6.61 Å². The lowest BCUT2D eigenvalue weighted by Crippen LogP contribution is -1.87. The van der Waals surface area contributed by atoms with E-state index >= 15 is 0 Å². The van der Waals surface area contributed by atoms with Crippen LogP contribution in [0.3, 0.4) is 0 Å². The molecule has 0 aliphatic rings. The van der Waals surface area contributed by atoms with Crippen molar-refractivity contribution in [3.63, 3.8) is 0 Å². The summed E-state index contributed by atoms with van der Waals surface area (Å²) in [7, 11) is 1.70. The van der Waals surface area contributed by atoms with Crippen LogP contribution in [-0.2, 0) is 4.74 Å². The molecule has 0 radical (unpaired) electrons. The fraction of sp³-hybridized carbons (Fsp3) is 0.500. The summed E-state index contributed by atoms with van der Waals surface area (Å²) in [5, 5.41) is 0. The van der Waals surface area contributed by atoms with E-state index in [1.165, 1.54) is 0 Å². The normalized spacial score (nSPS) is 10.4. The second-order valence-corrected chi connectivity index (χ2v) is 1.90. The maximum Gasteiger partial charge on any atom is 0.0502 e. The second-order valence-electron chi connectivity index (χ2n) is 1.90. The average Bonchev–Trinajstić information content (AvgIpc) is 1.85. The van der Waals surface area contributed by atoms with Crippen molar-refractivity contribution in [3.05, 3.63) is 24.3 Å². The van der Waals surface area contributed by atoms with Gasteiger partial charge in [-0.3, -0.25) is 0 Å². The SMILES string of the molecule is C=C(/C=C/C)CCOC. The van der Waals surface area contributed by atoms with Gasteiger partial charge in [0, 0.05) is 7.11 Å². The Morgan fingerprint density at radius 3 is 2.78 bits per heavy atom. The Bertz CT molecular complexity index is 103. The monoisotopic (exact) mass is 126 g/mol. The minimum absolute atomic E-state index is 0.767. The number of hydrogen-bond donors (Lipinski definition) is 0. The number of rotatable bonds is 4. The molecule has 0 fully saturated rings. The Labute approximate surface area is 57.0 Å². The van der Waals surface area contributed by atoms with Gasteiger partial charge in [0.1, 0.15) is 0 Å². The predicted octanol–water partition coefficient (Wildman–Crippen LogP) is 2.16. The van der Waals surface area contributed by atoms with Crippen LogP contribution >= 0.6 is 0 Å². The molecule has 1 heteroatoms. The summed E-state index contributed by atoms with van der Waals surface area (Å²) < 4.78 is 4.86. The molecule has 0 aromatic carbocycles. The quantitative estimate of drug-likeness (QED) is 0.524. The van der Waals surface area contributed by atoms with Crippen molar-refractivity contribution in [3.8, 4) is 0 Å². The van der Waals surface area contributed by atoms with E-state index in [0.29, 0.717) is 0 Å². The number of methoxy groups -OCH3 is 1. The lowest BCUT2D eigenvalue weighted by Gasteiger charge is -1.96. The van der Waals surface area contributed by atoms with Crippen molar-refractivity contribution in [2.45, 2.75) is 13.3 Å². The lowest BCUT2D eigenvalue weighted by molar-refractivity contribution is 0.203. The summed E-state index contributed by atoms with van der Waals surface area (Å²) >= 11 is 0. The number of hydrogen-bond acceptors (Lipinski definition) is 1. The second kappa shape index (κ2) is 5.57. The smallest absolute Gasteiger partial charge is 0.0502 e. The molecule has 0 saturated heterocycles. The Hall–Kier alpha value is -0.560. The van der Waals surface area contributed by atoms with E-state index < -0.39 is 0 Å². The van der Waals surface area contributed by atoms with Crippen LogP contribution in [-0.4, -0.2) is 13.7 Å². The summed E-state index contributed by atoms with van der Waals surface area (Å²) in [6.07, 6.45) is 4.91. The first-order valence-corrected chi connectivity index (χ1v) is 3.10. The van der Waals surface area contributed by atoms with Gasteiger partial charge in [0.25, 0.3) is 0 Å². The zero-order valence-electron chi connectivity index (χ0n) is 6.18. The number of allylic oxidation sites excluding steroid dienone is 2. The largest absolute Gasteiger partial charge is 0.384 e. The fourth-order valence-corrected chi connectivity index (χ4v) is 0.552. The van der Waals surface area contributed by atoms with Crippen molar-refractivity contribution in [1.82, 2.24) is 0 Å². The first-order chi connectivity index (χ1) is 4.31. The van der Waals surface area contributed by atoms with Gasteiger partial charge in [-0.15, -0.1) is 0 Å². The van der Waals surface area contributed by atoms with Gasteiger partial charge in [-0.1, -0.05) is 24.3 Å². The standard InChI is InChI=1S/C8H14O/c1-4-5-8(2)6-7-9-3/h4-5H,2,6-7H2,1,3H3/b5-4+. The molecule has 9 heavy (non-hydrogen) atoms. The van der Waals surface area contributed by atoms with Crippen molar-refractivity contribution in [2.75, 3.05) is 13.7 Å². The van der Waals surface area contributed by atoms with Crippen LogP contribution in [0.4, 0.5) is 0 Å². The van der Waals surface area contributed by atoms with E-state index in [2.05, 4.69) is 6.58 Å². The molecule has 0 saturated carbocycles. The highest BCUT2D eigenvalue weighted by Crippen LogP contribution is 1.98. The molecule has 0 unspecified atom stereocenters. The summed E-state index contributed by atoms with van der Waals surface area (Å²) in [5.41, 5.74) is 1.12. The van der Waals surface area contributed by atoms with E-state index in [-0.39, 0.29) is 0 Å². The van der Waals surface area contributed by atoms with Gasteiger partial charge in [-0.2, -0.15) is 0 Å². The Balaban J connectivity index is 3.27. The third-order valence-electron chi connectivity index (χ3n) is 1.03. The molecule has 0 bridgehead atoms. The maximum absolute atomic E-state index is 4.86. The maximum atomic E-state index is 4.86. The van der Waals surface area contributed by atoms with Crippen molar-refractivity contribution >= 4 is 0 Å². The zero-order valence-corrected chi connectivity index (χ0v) is 6.18. The average molecular weight is 126 g/mol. The molecule has 0 amide bonds. The van der Waals surface area contributed by atoms with Crippen molar-refractivity contribution < 1.29 is 4.74 Å². The van der Waals surface area contributed by atoms with Crippen molar-refractivity contribution in [2.24, 2.45) is 0 Å². The van der Waals surface area contributed by atoms with Gasteiger partial charge >= 0.3 is 0 Å². The Morgan fingerprint density at radius 1 is 1.67 bits per heavy atom. The van der Waals surface area contributed by atoms with Crippen LogP contribution < -0.4 is 0 Å². The lowest BCUT2D eigenvalue weighted by atomic mass is 10.2. The van der Waals surface area contributed by atoms with Crippen LogP contribution in [0.5, 0.6) is 0 Å². The van der Waals surface area contributed by atoms with E-state index in [0.717, 1.165) is 18.6 Å². The molecular formula is C8H14O. The Morgan fingerprint density at radius 2 is 2.33 bits per heavy atom. The molecule has 1 nitrogen and oxygen atoms in total. The minimum atomic E-state index is 0.767. The summed E-state index contributed by atoms with van der Waals surface area (Å²) in [6.45, 7) is 6.57. The van der Waals surface area contributed by atoms with Gasteiger partial charge in [-0.05, 0) is 13.3 Å². The molecule has 52 valence electrons. The van der Waals surface area contributed by atoms with Crippen LogP contribution in [0.2, 0.25) is 0 Å². The molecule has 0 spiro atoms. The highest BCUT2D eigenvalue weighted by atomic mass is 16.5. The molecule has 0 aromatic rings. The Kier molecular flexibility index (Phi) is 5.23. The van der Waals surface area contributed by atoms with Crippen LogP contribution in [0.25, 0.3) is 0 Å². The van der Waals surface area contributed by atoms with Gasteiger partial charge in [0.15, 0.2) is 0 Å². The third kappa shape index (κ3) is 5.31. The van der Waals surface area contributed by atoms with E-state index in [9.17, 15) is 0 Å². The summed E-state index contributed by atoms with van der Waals surface area (Å²) in [5.74, 6) is 0. The first-order valence-electron chi connectivity index (χ1n) is 3.10. The van der Waals surface area contributed by atoms with Gasteiger partial charge in [0.2, 0.25) is 0 Å². The minimum Gasteiger partial charge on any atom is -0.384 e. The van der Waals surface area contributed by atoms with E-state index in [1.807, 2.05) is 19.1 Å². The molecule has 0 heterocycles. The van der Waals surface area contributed by atoms with Crippen molar-refractivity contribution in [1.29, 1.82) is 0 Å². The molecule has 0 aliphatic heterocycles. The summed E-state index contributed by atoms with van der Waals surface area (Å²) in [4.78, 5) is 0. The highest BCUT2D eigenvalue weighted by Gasteiger charge is 1.85. The van der Waals surface area contributed by atoms with Gasteiger partial charge in [-0.25, -0.2) is 0 Å². The van der Waals surface area contributed by atoms with Crippen LogP contribution in [0.15, 0.2) is 24.3 Å². The molecule has 0 aliphatic carbocycles. The predicted molar refractivity (Wildman–Crippen MR) is 40.4 cm³/mol. The highest BCUT2D eigenvalue weighted by molar-refractivity contribution is 5.13. The topological polar surface area (TPSA) is 9.23 Å². The van der Waals surface area contributed by atoms with Crippen LogP contribution in [0, 0.1) is 0 Å². The fourth-order valence-electron chi connectivity index (χ4n) is 0.552. The third-order valence-corrected chi connectivity index (χ3v) is 1.03. The van der Waals surface area contributed by atoms with E-state index in [4.69, 9.17) is 4.74 Å². The molecule has 0 rings (SSSR count). The molecule has 0 N–H and O–H groups in total.